The molecule has 0 aromatic carbocycles. The summed E-state index contributed by atoms with van der Waals surface area (Å²) in [5.41, 5.74) is 0. The molecule has 3 nitrogen and oxygen atoms in total. The molecule has 2 radical (unpaired) electrons. The Kier molecular flexibility index (Phi) is 3.31. The Bertz CT molecular complexity index is 105. The van der Waals surface area contributed by atoms with Crippen molar-refractivity contribution < 1.29 is 4.79 Å². The van der Waals surface area contributed by atoms with Gasteiger partial charge in [0.05, 0.1) is 6.67 Å². The Balaban J connectivity index is 3.50. The predicted octanol–water partition coefficient (Wildman–Crippen LogP) is -0.274. The zero-order valence-corrected chi connectivity index (χ0v) is 6.09. The maximum Gasteiger partial charge on any atom is 0.200 e. The summed E-state index contributed by atoms with van der Waals surface area (Å²) in [4.78, 5) is 13.7. The number of nitrogens with zero attached hydrogens (tertiary/aromatic N) is 2. The molecule has 0 aliphatic carbocycles. The van der Waals surface area contributed by atoms with Gasteiger partial charge in [0, 0.05) is 7.05 Å². The van der Waals surface area contributed by atoms with E-state index in [4.69, 9.17) is 7.85 Å². The highest BCUT2D eigenvalue weighted by atomic mass is 16.1. The molecular formula is C5H11BN2O. The van der Waals surface area contributed by atoms with Gasteiger partial charge in [-0.25, -0.2) is 0 Å². The third kappa shape index (κ3) is 4.03. The van der Waals surface area contributed by atoms with Gasteiger partial charge in [0.2, 0.25) is 7.85 Å². The first kappa shape index (κ1) is 8.49. The van der Waals surface area contributed by atoms with Crippen molar-refractivity contribution in [3.05, 3.63) is 0 Å². The Morgan fingerprint density at radius 2 is 1.89 bits per heavy atom. The van der Waals surface area contributed by atoms with Crippen LogP contribution in [0.3, 0.4) is 0 Å². The summed E-state index contributed by atoms with van der Waals surface area (Å²) in [6, 6.07) is 0. The molecule has 9 heavy (non-hydrogen) atoms. The first-order chi connectivity index (χ1) is 4.04. The summed E-state index contributed by atoms with van der Waals surface area (Å²) in [5, 5.41) is 0. The van der Waals surface area contributed by atoms with Crippen molar-refractivity contribution in [1.82, 2.24) is 9.80 Å². The smallest absolute Gasteiger partial charge is 0.200 e. The van der Waals surface area contributed by atoms with E-state index < -0.39 is 5.81 Å². The SMILES string of the molecule is [B]C(=O)N(C)CN(C)C. The van der Waals surface area contributed by atoms with Crippen LogP contribution in [0.2, 0.25) is 0 Å². The lowest BCUT2D eigenvalue weighted by Crippen LogP contribution is -2.34. The molecule has 0 saturated carbocycles. The number of carbonyl (C=O) groups excluding carboxylic acids is 1. The van der Waals surface area contributed by atoms with E-state index in [9.17, 15) is 4.79 Å². The molecular weight excluding hydrogens is 115 g/mol. The Hall–Kier alpha value is -0.505. The topological polar surface area (TPSA) is 23.6 Å². The Morgan fingerprint density at radius 1 is 1.44 bits per heavy atom. The van der Waals surface area contributed by atoms with E-state index >= 15 is 0 Å². The average molecular weight is 126 g/mol. The molecule has 0 saturated heterocycles. The van der Waals surface area contributed by atoms with Crippen LogP contribution in [0, 0.1) is 0 Å². The molecule has 0 rings (SSSR count). The fraction of sp³-hybridized carbons (Fsp3) is 0.800. The summed E-state index contributed by atoms with van der Waals surface area (Å²) < 4.78 is 0. The number of carbonyl (C=O) groups is 1. The highest BCUT2D eigenvalue weighted by molar-refractivity contribution is 6.56. The van der Waals surface area contributed by atoms with Gasteiger partial charge in [-0.15, -0.1) is 0 Å². The summed E-state index contributed by atoms with van der Waals surface area (Å²) in [7, 11) is 10.3. The van der Waals surface area contributed by atoms with Crippen molar-refractivity contribution in [2.24, 2.45) is 0 Å². The van der Waals surface area contributed by atoms with Gasteiger partial charge in [-0.3, -0.25) is 9.69 Å². The van der Waals surface area contributed by atoms with Crippen LogP contribution in [-0.4, -0.2) is 51.3 Å². The molecule has 0 spiro atoms. The average Bonchev–Trinajstić information content (AvgIpc) is 1.63. The summed E-state index contributed by atoms with van der Waals surface area (Å²) in [5.74, 6) is -0.399. The van der Waals surface area contributed by atoms with Crippen LogP contribution in [0.25, 0.3) is 0 Å². The molecule has 0 N–H and O–H groups in total. The normalized spacial score (nSPS) is 9.78. The molecule has 50 valence electrons. The third-order valence-electron chi connectivity index (χ3n) is 0.871. The molecule has 0 fully saturated rings. The minimum absolute atomic E-state index is 0.399. The van der Waals surface area contributed by atoms with Crippen LogP contribution < -0.4 is 0 Å². The van der Waals surface area contributed by atoms with E-state index in [0.717, 1.165) is 0 Å². The van der Waals surface area contributed by atoms with Gasteiger partial charge in [-0.1, -0.05) is 0 Å². The van der Waals surface area contributed by atoms with Crippen molar-refractivity contribution in [2.45, 2.75) is 0 Å². The number of hydrogen-bond acceptors (Lipinski definition) is 2. The zero-order valence-electron chi connectivity index (χ0n) is 6.09. The molecule has 0 heterocycles. The fourth-order valence-corrected chi connectivity index (χ4v) is 0.494. The van der Waals surface area contributed by atoms with E-state index in [0.29, 0.717) is 6.67 Å². The van der Waals surface area contributed by atoms with Crippen molar-refractivity contribution in [3.63, 3.8) is 0 Å². The lowest BCUT2D eigenvalue weighted by Gasteiger charge is -2.19. The minimum Gasteiger partial charge on any atom is -0.343 e. The first-order valence-corrected chi connectivity index (χ1v) is 2.69. The van der Waals surface area contributed by atoms with Crippen LogP contribution in [0.5, 0.6) is 0 Å². The first-order valence-electron chi connectivity index (χ1n) is 2.69. The summed E-state index contributed by atoms with van der Waals surface area (Å²) in [6.45, 7) is 0.565. The van der Waals surface area contributed by atoms with Gasteiger partial charge in [0.1, 0.15) is 0 Å². The van der Waals surface area contributed by atoms with Gasteiger partial charge in [-0.2, -0.15) is 0 Å². The van der Waals surface area contributed by atoms with Crippen molar-refractivity contribution in [3.8, 4) is 0 Å². The Labute approximate surface area is 57.0 Å². The maximum atomic E-state index is 10.4. The van der Waals surface area contributed by atoms with Crippen LogP contribution in [0.4, 0.5) is 4.79 Å². The lowest BCUT2D eigenvalue weighted by atomic mass is 10.1. The van der Waals surface area contributed by atoms with E-state index in [1.165, 1.54) is 4.90 Å². The third-order valence-corrected chi connectivity index (χ3v) is 0.871. The Morgan fingerprint density at radius 3 is 2.00 bits per heavy atom. The fourth-order valence-electron chi connectivity index (χ4n) is 0.494. The number of hydrogen-bond donors (Lipinski definition) is 0. The van der Waals surface area contributed by atoms with Gasteiger partial charge in [0.25, 0.3) is 0 Å². The monoisotopic (exact) mass is 126 g/mol. The van der Waals surface area contributed by atoms with Crippen LogP contribution in [0.1, 0.15) is 0 Å². The van der Waals surface area contributed by atoms with Crippen LogP contribution in [-0.2, 0) is 0 Å². The van der Waals surface area contributed by atoms with E-state index in [-0.39, 0.29) is 0 Å². The summed E-state index contributed by atoms with van der Waals surface area (Å²) in [6.07, 6.45) is 0. The highest BCUT2D eigenvalue weighted by Gasteiger charge is 1.99. The van der Waals surface area contributed by atoms with Crippen LogP contribution >= 0.6 is 0 Å². The van der Waals surface area contributed by atoms with Gasteiger partial charge in [-0.05, 0) is 14.1 Å². The number of rotatable bonds is 2. The summed E-state index contributed by atoms with van der Waals surface area (Å²) >= 11 is 0. The molecule has 0 aliphatic rings. The lowest BCUT2D eigenvalue weighted by molar-refractivity contribution is 0.204. The van der Waals surface area contributed by atoms with Gasteiger partial charge < -0.3 is 4.90 Å². The van der Waals surface area contributed by atoms with Gasteiger partial charge in [0.15, 0.2) is 5.81 Å². The predicted molar refractivity (Wildman–Crippen MR) is 37.5 cm³/mol. The van der Waals surface area contributed by atoms with E-state index in [1.54, 1.807) is 7.05 Å². The molecule has 0 aromatic heterocycles. The molecule has 1 amide bonds. The zero-order chi connectivity index (χ0) is 7.44. The second kappa shape index (κ2) is 3.51. The van der Waals surface area contributed by atoms with E-state index in [2.05, 4.69) is 0 Å². The standard InChI is InChI=1S/C5H11BN2O/c1-7(2)4-8(3)5(6)9/h4H2,1-3H3. The maximum absolute atomic E-state index is 10.4. The molecule has 0 unspecified atom stereocenters. The van der Waals surface area contributed by atoms with Crippen molar-refractivity contribution in [2.75, 3.05) is 27.8 Å². The second-order valence-corrected chi connectivity index (χ2v) is 2.26. The largest absolute Gasteiger partial charge is 0.343 e. The second-order valence-electron chi connectivity index (χ2n) is 2.26. The molecule has 0 atom stereocenters. The number of amides is 1. The minimum atomic E-state index is -0.399. The van der Waals surface area contributed by atoms with Gasteiger partial charge >= 0.3 is 0 Å². The molecule has 4 heteroatoms. The molecule has 0 bridgehead atoms. The molecule has 0 aliphatic heterocycles. The molecule has 0 aromatic rings. The van der Waals surface area contributed by atoms with Crippen LogP contribution in [0.15, 0.2) is 0 Å². The van der Waals surface area contributed by atoms with E-state index in [1.807, 2.05) is 19.0 Å². The van der Waals surface area contributed by atoms with Crippen molar-refractivity contribution >= 4 is 13.7 Å². The highest BCUT2D eigenvalue weighted by Crippen LogP contribution is 1.83. The quantitative estimate of drug-likeness (QED) is 0.375. The van der Waals surface area contributed by atoms with Crippen molar-refractivity contribution in [1.29, 1.82) is 0 Å².